The highest BCUT2D eigenvalue weighted by Crippen LogP contribution is 2.44. The minimum atomic E-state index is -0.968. The molecule has 1 fully saturated rings. The van der Waals surface area contributed by atoms with Gasteiger partial charge in [0, 0.05) is 0 Å². The Morgan fingerprint density at radius 3 is 2.10 bits per heavy atom. The molecule has 1 saturated carbocycles. The van der Waals surface area contributed by atoms with Gasteiger partial charge >= 0.3 is 0 Å². The Hall–Kier alpha value is -1.35. The summed E-state index contributed by atoms with van der Waals surface area (Å²) in [4.78, 5) is 12.8. The zero-order chi connectivity index (χ0) is 15.0. The third kappa shape index (κ3) is 2.47. The highest BCUT2D eigenvalue weighted by molar-refractivity contribution is 5.89. The van der Waals surface area contributed by atoms with Gasteiger partial charge < -0.3 is 10.4 Å². The average molecular weight is 275 g/mol. The molecule has 0 aromatic heterocycles. The van der Waals surface area contributed by atoms with Gasteiger partial charge in [-0.2, -0.15) is 0 Å². The number of rotatable bonds is 4. The van der Waals surface area contributed by atoms with E-state index in [4.69, 9.17) is 0 Å². The lowest BCUT2D eigenvalue weighted by Gasteiger charge is -2.45. The Labute approximate surface area is 121 Å². The highest BCUT2D eigenvalue weighted by atomic mass is 16.3. The quantitative estimate of drug-likeness (QED) is 0.887. The van der Waals surface area contributed by atoms with E-state index in [0.717, 1.165) is 24.8 Å². The summed E-state index contributed by atoms with van der Waals surface area (Å²) >= 11 is 0. The van der Waals surface area contributed by atoms with Gasteiger partial charge in [0.2, 0.25) is 5.91 Å². The van der Waals surface area contributed by atoms with Crippen LogP contribution in [-0.2, 0) is 10.2 Å². The molecule has 1 aromatic carbocycles. The van der Waals surface area contributed by atoms with E-state index < -0.39 is 16.6 Å². The van der Waals surface area contributed by atoms with E-state index in [2.05, 4.69) is 5.32 Å². The maximum Gasteiger partial charge on any atom is 0.231 e. The van der Waals surface area contributed by atoms with Crippen LogP contribution < -0.4 is 5.32 Å². The predicted molar refractivity (Wildman–Crippen MR) is 80.5 cm³/mol. The highest BCUT2D eigenvalue weighted by Gasteiger charge is 2.48. The molecule has 20 heavy (non-hydrogen) atoms. The molecule has 1 amide bonds. The molecular formula is C17H25NO2. The molecule has 3 nitrogen and oxygen atoms in total. The third-order valence-corrected chi connectivity index (χ3v) is 4.92. The lowest BCUT2D eigenvalue weighted by Crippen LogP contribution is -2.62. The first-order valence-electron chi connectivity index (χ1n) is 7.30. The summed E-state index contributed by atoms with van der Waals surface area (Å²) in [6.07, 6.45) is 2.83. The molecule has 3 heteroatoms. The first-order chi connectivity index (χ1) is 9.19. The normalized spacial score (nSPS) is 18.2. The van der Waals surface area contributed by atoms with Crippen LogP contribution >= 0.6 is 0 Å². The van der Waals surface area contributed by atoms with Crippen molar-refractivity contribution in [1.29, 1.82) is 0 Å². The van der Waals surface area contributed by atoms with Crippen molar-refractivity contribution in [2.24, 2.45) is 0 Å². The Balaban J connectivity index is 2.24. The number of aliphatic hydroxyl groups is 1. The first kappa shape index (κ1) is 15.0. The summed E-state index contributed by atoms with van der Waals surface area (Å²) < 4.78 is 0. The number of hydrogen-bond acceptors (Lipinski definition) is 2. The van der Waals surface area contributed by atoms with Crippen molar-refractivity contribution >= 4 is 5.91 Å². The van der Waals surface area contributed by atoms with Crippen molar-refractivity contribution in [3.8, 4) is 0 Å². The molecule has 0 atom stereocenters. The number of nitrogens with one attached hydrogen (secondary N) is 1. The van der Waals surface area contributed by atoms with Gasteiger partial charge in [-0.25, -0.2) is 0 Å². The van der Waals surface area contributed by atoms with Gasteiger partial charge in [-0.05, 0) is 46.1 Å². The molecule has 0 aliphatic heterocycles. The standard InChI is InChI=1S/C17H25NO2/c1-15(2,16(3,4)20)18-14(19)17(11-8-12-17)13-9-6-5-7-10-13/h5-7,9-10,20H,8,11-12H2,1-4H3,(H,18,19). The van der Waals surface area contributed by atoms with E-state index in [1.54, 1.807) is 13.8 Å². The number of benzene rings is 1. The molecule has 0 bridgehead atoms. The summed E-state index contributed by atoms with van der Waals surface area (Å²) in [6.45, 7) is 7.18. The third-order valence-electron chi connectivity index (χ3n) is 4.92. The van der Waals surface area contributed by atoms with Gasteiger partial charge in [0.15, 0.2) is 0 Å². The Kier molecular flexibility index (Phi) is 3.67. The van der Waals surface area contributed by atoms with Crippen molar-refractivity contribution in [1.82, 2.24) is 5.32 Å². The summed E-state index contributed by atoms with van der Waals surface area (Å²) in [5.41, 5.74) is -0.967. The fraction of sp³-hybridized carbons (Fsp3) is 0.588. The van der Waals surface area contributed by atoms with E-state index in [1.165, 1.54) is 0 Å². The van der Waals surface area contributed by atoms with Crippen LogP contribution in [0.2, 0.25) is 0 Å². The van der Waals surface area contributed by atoms with Gasteiger partial charge in [-0.15, -0.1) is 0 Å². The molecule has 0 radical (unpaired) electrons. The zero-order valence-electron chi connectivity index (χ0n) is 12.9. The van der Waals surface area contributed by atoms with Gasteiger partial charge in [-0.3, -0.25) is 4.79 Å². The molecular weight excluding hydrogens is 250 g/mol. The molecule has 1 aliphatic rings. The molecule has 0 unspecified atom stereocenters. The van der Waals surface area contributed by atoms with E-state index in [0.29, 0.717) is 0 Å². The van der Waals surface area contributed by atoms with E-state index in [-0.39, 0.29) is 5.91 Å². The zero-order valence-corrected chi connectivity index (χ0v) is 12.9. The van der Waals surface area contributed by atoms with E-state index in [1.807, 2.05) is 44.2 Å². The van der Waals surface area contributed by atoms with Crippen molar-refractivity contribution in [2.45, 2.75) is 63.5 Å². The molecule has 0 heterocycles. The second-order valence-electron chi connectivity index (χ2n) is 6.94. The number of carbonyl (C=O) groups is 1. The molecule has 2 rings (SSSR count). The predicted octanol–water partition coefficient (Wildman–Crippen LogP) is 2.77. The van der Waals surface area contributed by atoms with Crippen molar-refractivity contribution in [3.63, 3.8) is 0 Å². The summed E-state index contributed by atoms with van der Waals surface area (Å²) in [6, 6.07) is 9.97. The number of hydrogen-bond donors (Lipinski definition) is 2. The first-order valence-corrected chi connectivity index (χ1v) is 7.30. The van der Waals surface area contributed by atoms with Crippen LogP contribution in [0.4, 0.5) is 0 Å². The van der Waals surface area contributed by atoms with Gasteiger partial charge in [-0.1, -0.05) is 36.8 Å². The van der Waals surface area contributed by atoms with Crippen molar-refractivity contribution in [3.05, 3.63) is 35.9 Å². The van der Waals surface area contributed by atoms with Crippen molar-refractivity contribution < 1.29 is 9.90 Å². The average Bonchev–Trinajstić information content (AvgIpc) is 2.26. The summed E-state index contributed by atoms with van der Waals surface area (Å²) in [5, 5.41) is 13.3. The molecule has 1 aromatic rings. The lowest BCUT2D eigenvalue weighted by atomic mass is 9.63. The smallest absolute Gasteiger partial charge is 0.231 e. The lowest BCUT2D eigenvalue weighted by molar-refractivity contribution is -0.135. The fourth-order valence-electron chi connectivity index (χ4n) is 2.49. The van der Waals surface area contributed by atoms with Crippen LogP contribution in [0.5, 0.6) is 0 Å². The number of amides is 1. The Morgan fingerprint density at radius 2 is 1.70 bits per heavy atom. The van der Waals surface area contributed by atoms with Crippen LogP contribution in [-0.4, -0.2) is 22.2 Å². The SMILES string of the molecule is CC(C)(O)C(C)(C)NC(=O)C1(c2ccccc2)CCC1. The topological polar surface area (TPSA) is 49.3 Å². The Morgan fingerprint density at radius 1 is 1.15 bits per heavy atom. The molecule has 1 aliphatic carbocycles. The maximum atomic E-state index is 12.8. The monoisotopic (exact) mass is 275 g/mol. The second-order valence-corrected chi connectivity index (χ2v) is 6.94. The number of carbonyl (C=O) groups excluding carboxylic acids is 1. The Bertz CT molecular complexity index is 481. The van der Waals surface area contributed by atoms with Crippen LogP contribution in [0.3, 0.4) is 0 Å². The van der Waals surface area contributed by atoms with Crippen molar-refractivity contribution in [2.75, 3.05) is 0 Å². The summed E-state index contributed by atoms with van der Waals surface area (Å²) in [7, 11) is 0. The minimum Gasteiger partial charge on any atom is -0.388 e. The molecule has 0 spiro atoms. The second kappa shape index (κ2) is 4.88. The summed E-state index contributed by atoms with van der Waals surface area (Å²) in [5.74, 6) is 0.0297. The van der Waals surface area contributed by atoms with Crippen LogP contribution in [0.25, 0.3) is 0 Å². The van der Waals surface area contributed by atoms with Gasteiger partial charge in [0.1, 0.15) is 0 Å². The van der Waals surface area contributed by atoms with Gasteiger partial charge in [0.25, 0.3) is 0 Å². The van der Waals surface area contributed by atoms with Crippen LogP contribution in [0.15, 0.2) is 30.3 Å². The van der Waals surface area contributed by atoms with Gasteiger partial charge in [0.05, 0.1) is 16.6 Å². The maximum absolute atomic E-state index is 12.8. The molecule has 0 saturated heterocycles. The fourth-order valence-corrected chi connectivity index (χ4v) is 2.49. The largest absolute Gasteiger partial charge is 0.388 e. The van der Waals surface area contributed by atoms with Crippen LogP contribution in [0.1, 0.15) is 52.5 Å². The molecule has 110 valence electrons. The van der Waals surface area contributed by atoms with Crippen LogP contribution in [0, 0.1) is 0 Å². The van der Waals surface area contributed by atoms with E-state index in [9.17, 15) is 9.90 Å². The molecule has 2 N–H and O–H groups in total. The van der Waals surface area contributed by atoms with E-state index >= 15 is 0 Å². The minimum absolute atomic E-state index is 0.0297.